The summed E-state index contributed by atoms with van der Waals surface area (Å²) in [5, 5.41) is 4.56. The number of carbonyl (C=O) groups is 1. The summed E-state index contributed by atoms with van der Waals surface area (Å²) < 4.78 is 28.8. The molecule has 8 nitrogen and oxygen atoms in total. The lowest BCUT2D eigenvalue weighted by molar-refractivity contribution is -0.121. The van der Waals surface area contributed by atoms with Crippen LogP contribution in [0.15, 0.2) is 59.5 Å². The van der Waals surface area contributed by atoms with Crippen LogP contribution >= 0.6 is 0 Å². The van der Waals surface area contributed by atoms with Crippen molar-refractivity contribution in [3.05, 3.63) is 54.6 Å². The maximum Gasteiger partial charge on any atom is 0.264 e. The molecule has 27 heavy (non-hydrogen) atoms. The Bertz CT molecular complexity index is 1140. The number of rotatable bonds is 3. The monoisotopic (exact) mass is 383 g/mol. The summed E-state index contributed by atoms with van der Waals surface area (Å²) >= 11 is 0. The number of nitrogens with two attached hydrogens (primary N) is 1. The molecule has 9 heteroatoms. The zero-order chi connectivity index (χ0) is 19.2. The molecule has 3 N–H and O–H groups in total. The minimum Gasteiger partial charge on any atom is -0.293 e. The molecule has 0 atom stereocenters. The van der Waals surface area contributed by atoms with Crippen LogP contribution in [0.2, 0.25) is 0 Å². The van der Waals surface area contributed by atoms with Crippen LogP contribution in [-0.2, 0) is 21.4 Å². The van der Waals surface area contributed by atoms with Gasteiger partial charge in [0.05, 0.1) is 10.6 Å². The Morgan fingerprint density at radius 3 is 2.48 bits per heavy atom. The van der Waals surface area contributed by atoms with Crippen molar-refractivity contribution >= 4 is 21.6 Å². The summed E-state index contributed by atoms with van der Waals surface area (Å²) in [5.74, 6) is 4.80. The Kier molecular flexibility index (Phi) is 3.97. The highest BCUT2D eigenvalue weighted by molar-refractivity contribution is 7.93. The van der Waals surface area contributed by atoms with Gasteiger partial charge in [-0.25, -0.2) is 14.3 Å². The maximum absolute atomic E-state index is 13.0. The number of anilines is 1. The van der Waals surface area contributed by atoms with E-state index in [2.05, 4.69) is 10.5 Å². The standard InChI is InChI=1S/C18H17N5O3S/c1-22-18-16(12-7-3-2-4-8-12)21-23(11-15(24)20-19)17(18)13-9-5-6-10-14(13)27(22,25)26/h2-10H,11,19H2,1H3,(H,20,24). The van der Waals surface area contributed by atoms with Gasteiger partial charge in [-0.2, -0.15) is 5.10 Å². The van der Waals surface area contributed by atoms with E-state index in [1.165, 1.54) is 16.0 Å². The van der Waals surface area contributed by atoms with E-state index in [1.807, 2.05) is 30.3 Å². The number of benzene rings is 2. The van der Waals surface area contributed by atoms with Gasteiger partial charge in [-0.15, -0.1) is 0 Å². The molecule has 0 radical (unpaired) electrons. The summed E-state index contributed by atoms with van der Waals surface area (Å²) in [4.78, 5) is 12.1. The van der Waals surface area contributed by atoms with Crippen LogP contribution in [-0.4, -0.2) is 31.2 Å². The van der Waals surface area contributed by atoms with Gasteiger partial charge in [-0.1, -0.05) is 48.5 Å². The summed E-state index contributed by atoms with van der Waals surface area (Å²) in [6, 6.07) is 15.9. The molecule has 3 aromatic rings. The SMILES string of the molecule is CN1c2c(-c3ccccc3)nn(CC(=O)NN)c2-c2ccccc2S1(=O)=O. The summed E-state index contributed by atoms with van der Waals surface area (Å²) in [7, 11) is -2.24. The van der Waals surface area contributed by atoms with Gasteiger partial charge in [0.2, 0.25) is 0 Å². The number of nitrogens with zero attached hydrogens (tertiary/aromatic N) is 3. The smallest absolute Gasteiger partial charge is 0.264 e. The van der Waals surface area contributed by atoms with E-state index in [0.717, 1.165) is 5.56 Å². The van der Waals surface area contributed by atoms with Crippen LogP contribution in [0.3, 0.4) is 0 Å². The van der Waals surface area contributed by atoms with Crippen molar-refractivity contribution in [3.63, 3.8) is 0 Å². The number of aromatic nitrogens is 2. The lowest BCUT2D eigenvalue weighted by Gasteiger charge is -2.27. The minimum absolute atomic E-state index is 0.131. The molecule has 138 valence electrons. The molecule has 1 aliphatic rings. The highest BCUT2D eigenvalue weighted by atomic mass is 32.2. The molecule has 0 fully saturated rings. The Morgan fingerprint density at radius 2 is 1.78 bits per heavy atom. The molecule has 0 unspecified atom stereocenters. The second-order valence-corrected chi connectivity index (χ2v) is 8.04. The van der Waals surface area contributed by atoms with E-state index in [1.54, 1.807) is 24.3 Å². The van der Waals surface area contributed by atoms with E-state index < -0.39 is 15.9 Å². The molecular weight excluding hydrogens is 366 g/mol. The highest BCUT2D eigenvalue weighted by Crippen LogP contribution is 2.46. The predicted molar refractivity (Wildman–Crippen MR) is 101 cm³/mol. The average molecular weight is 383 g/mol. The lowest BCUT2D eigenvalue weighted by Crippen LogP contribution is -2.34. The maximum atomic E-state index is 13.0. The number of hydrogen-bond donors (Lipinski definition) is 2. The Labute approximate surface area is 156 Å². The molecule has 0 aliphatic carbocycles. The first kappa shape index (κ1) is 17.3. The lowest BCUT2D eigenvalue weighted by atomic mass is 10.1. The van der Waals surface area contributed by atoms with Crippen molar-refractivity contribution in [2.45, 2.75) is 11.4 Å². The van der Waals surface area contributed by atoms with Gasteiger partial charge in [-0.3, -0.25) is 19.2 Å². The predicted octanol–water partition coefficient (Wildman–Crippen LogP) is 1.35. The normalized spacial score (nSPS) is 14.4. The fraction of sp³-hybridized carbons (Fsp3) is 0.111. The van der Waals surface area contributed by atoms with Crippen molar-refractivity contribution in [1.29, 1.82) is 0 Å². The van der Waals surface area contributed by atoms with Crippen LogP contribution in [0.5, 0.6) is 0 Å². The first-order chi connectivity index (χ1) is 12.9. The average Bonchev–Trinajstić information content (AvgIpc) is 3.06. The second-order valence-electron chi connectivity index (χ2n) is 6.11. The van der Waals surface area contributed by atoms with E-state index in [9.17, 15) is 13.2 Å². The van der Waals surface area contributed by atoms with Crippen LogP contribution in [0.25, 0.3) is 22.5 Å². The summed E-state index contributed by atoms with van der Waals surface area (Å²) in [6.45, 7) is -0.131. The van der Waals surface area contributed by atoms with Gasteiger partial charge in [0, 0.05) is 18.2 Å². The number of fused-ring (bicyclic) bond motifs is 3. The van der Waals surface area contributed by atoms with Crippen molar-refractivity contribution in [3.8, 4) is 22.5 Å². The second kappa shape index (κ2) is 6.22. The van der Waals surface area contributed by atoms with Crippen LogP contribution in [0, 0.1) is 0 Å². The first-order valence-electron chi connectivity index (χ1n) is 8.19. The Hall–Kier alpha value is -3.17. The molecule has 0 bridgehead atoms. The molecule has 2 aromatic carbocycles. The molecule has 1 amide bonds. The van der Waals surface area contributed by atoms with E-state index in [4.69, 9.17) is 5.84 Å². The van der Waals surface area contributed by atoms with Gasteiger partial charge < -0.3 is 0 Å². The fourth-order valence-electron chi connectivity index (χ4n) is 3.26. The van der Waals surface area contributed by atoms with Gasteiger partial charge in [0.25, 0.3) is 15.9 Å². The molecule has 2 heterocycles. The third kappa shape index (κ3) is 2.59. The van der Waals surface area contributed by atoms with E-state index in [-0.39, 0.29) is 11.4 Å². The minimum atomic E-state index is -3.73. The topological polar surface area (TPSA) is 110 Å². The molecule has 0 spiro atoms. The quantitative estimate of drug-likeness (QED) is 0.403. The Morgan fingerprint density at radius 1 is 1.11 bits per heavy atom. The fourth-order valence-corrected chi connectivity index (χ4v) is 4.66. The Balaban J connectivity index is 2.07. The van der Waals surface area contributed by atoms with Gasteiger partial charge in [0.15, 0.2) is 0 Å². The third-order valence-electron chi connectivity index (χ3n) is 4.52. The van der Waals surface area contributed by atoms with E-state index in [0.29, 0.717) is 22.6 Å². The molecule has 1 aromatic heterocycles. The molecule has 1 aliphatic heterocycles. The number of carbonyl (C=O) groups excluding carboxylic acids is 1. The van der Waals surface area contributed by atoms with Crippen molar-refractivity contribution in [2.24, 2.45) is 5.84 Å². The number of hydrazine groups is 1. The molecule has 0 saturated heterocycles. The summed E-state index contributed by atoms with van der Waals surface area (Å²) in [5.41, 5.74) is 4.82. The van der Waals surface area contributed by atoms with Gasteiger partial charge in [-0.05, 0) is 6.07 Å². The molecule has 4 rings (SSSR count). The van der Waals surface area contributed by atoms with Crippen molar-refractivity contribution < 1.29 is 13.2 Å². The van der Waals surface area contributed by atoms with Crippen molar-refractivity contribution in [2.75, 3.05) is 11.4 Å². The molecular formula is C18H17N5O3S. The number of amides is 1. The number of nitrogens with one attached hydrogen (secondary N) is 1. The third-order valence-corrected chi connectivity index (χ3v) is 6.34. The largest absolute Gasteiger partial charge is 0.293 e. The highest BCUT2D eigenvalue weighted by Gasteiger charge is 2.38. The van der Waals surface area contributed by atoms with Crippen LogP contribution < -0.4 is 15.6 Å². The van der Waals surface area contributed by atoms with Gasteiger partial charge in [0.1, 0.15) is 17.9 Å². The first-order valence-corrected chi connectivity index (χ1v) is 9.63. The van der Waals surface area contributed by atoms with Crippen LogP contribution in [0.4, 0.5) is 5.69 Å². The number of sulfonamides is 1. The zero-order valence-corrected chi connectivity index (χ0v) is 15.3. The number of hydrogen-bond acceptors (Lipinski definition) is 5. The van der Waals surface area contributed by atoms with E-state index >= 15 is 0 Å². The van der Waals surface area contributed by atoms with Crippen LogP contribution in [0.1, 0.15) is 0 Å². The zero-order valence-electron chi connectivity index (χ0n) is 14.5. The molecule has 0 saturated carbocycles. The summed E-state index contributed by atoms with van der Waals surface area (Å²) in [6.07, 6.45) is 0. The van der Waals surface area contributed by atoms with Gasteiger partial charge >= 0.3 is 0 Å². The van der Waals surface area contributed by atoms with Crippen molar-refractivity contribution in [1.82, 2.24) is 15.2 Å².